The van der Waals surface area contributed by atoms with E-state index >= 15 is 0 Å². The summed E-state index contributed by atoms with van der Waals surface area (Å²) >= 11 is 9.50. The minimum Gasteiger partial charge on any atom is -0.376 e. The number of benzene rings is 1. The fourth-order valence-corrected chi connectivity index (χ4v) is 2.33. The Kier molecular flexibility index (Phi) is 4.77. The molecule has 1 unspecified atom stereocenters. The van der Waals surface area contributed by atoms with Crippen LogP contribution in [0, 0.1) is 5.82 Å². The van der Waals surface area contributed by atoms with Gasteiger partial charge in [-0.1, -0.05) is 24.6 Å². The van der Waals surface area contributed by atoms with Crippen molar-refractivity contribution in [2.24, 2.45) is 0 Å². The predicted octanol–water partition coefficient (Wildman–Crippen LogP) is 5.20. The van der Waals surface area contributed by atoms with Gasteiger partial charge in [-0.3, -0.25) is 4.98 Å². The van der Waals surface area contributed by atoms with Crippen LogP contribution in [0.5, 0.6) is 0 Å². The molecule has 100 valence electrons. The van der Waals surface area contributed by atoms with Crippen molar-refractivity contribution in [3.8, 4) is 0 Å². The second kappa shape index (κ2) is 6.35. The maximum absolute atomic E-state index is 12.9. The molecule has 5 heteroatoms. The first kappa shape index (κ1) is 14.3. The molecule has 1 heterocycles. The van der Waals surface area contributed by atoms with Gasteiger partial charge in [0.05, 0.1) is 33.1 Å². The summed E-state index contributed by atoms with van der Waals surface area (Å²) in [6.07, 6.45) is 2.06. The lowest BCUT2D eigenvalue weighted by Crippen LogP contribution is -2.11. The summed E-state index contributed by atoms with van der Waals surface area (Å²) in [5, 5.41) is 4.00. The quantitative estimate of drug-likeness (QED) is 0.825. The van der Waals surface area contributed by atoms with Gasteiger partial charge in [-0.2, -0.15) is 0 Å². The minimum atomic E-state index is -0.331. The van der Waals surface area contributed by atoms with Crippen molar-refractivity contribution in [1.82, 2.24) is 4.98 Å². The highest BCUT2D eigenvalue weighted by molar-refractivity contribution is 9.10. The smallest absolute Gasteiger partial charge is 0.141 e. The average molecular weight is 344 g/mol. The Bertz CT molecular complexity index is 560. The fourth-order valence-electron chi connectivity index (χ4n) is 1.78. The van der Waals surface area contributed by atoms with Crippen LogP contribution in [0.2, 0.25) is 5.02 Å². The normalized spacial score (nSPS) is 12.2. The molecule has 0 amide bonds. The molecule has 0 saturated heterocycles. The molecule has 0 aliphatic rings. The third-order valence-electron chi connectivity index (χ3n) is 2.80. The van der Waals surface area contributed by atoms with E-state index in [1.54, 1.807) is 6.07 Å². The topological polar surface area (TPSA) is 24.9 Å². The molecule has 1 atom stereocenters. The number of hydrogen-bond donors (Lipinski definition) is 1. The van der Waals surface area contributed by atoms with Crippen molar-refractivity contribution in [3.05, 3.63) is 57.5 Å². The summed E-state index contributed by atoms with van der Waals surface area (Å²) in [7, 11) is 0. The summed E-state index contributed by atoms with van der Waals surface area (Å²) in [6, 6.07) is 8.74. The highest BCUT2D eigenvalue weighted by atomic mass is 79.9. The molecular weight excluding hydrogens is 331 g/mol. The number of pyridine rings is 1. The minimum absolute atomic E-state index is 0.00960. The maximum atomic E-state index is 12.9. The first-order valence-corrected chi connectivity index (χ1v) is 7.11. The van der Waals surface area contributed by atoms with E-state index in [0.29, 0.717) is 5.02 Å². The monoisotopic (exact) mass is 342 g/mol. The van der Waals surface area contributed by atoms with Gasteiger partial charge in [-0.25, -0.2) is 4.39 Å². The Morgan fingerprint density at radius 2 is 2.16 bits per heavy atom. The third kappa shape index (κ3) is 3.45. The second-order valence-corrected chi connectivity index (χ2v) is 5.31. The summed E-state index contributed by atoms with van der Waals surface area (Å²) < 4.78 is 13.7. The third-order valence-corrected chi connectivity index (χ3v) is 4.19. The van der Waals surface area contributed by atoms with Gasteiger partial charge < -0.3 is 5.32 Å². The molecule has 1 aromatic heterocycles. The predicted molar refractivity (Wildman–Crippen MR) is 80.0 cm³/mol. The number of nitrogens with zero attached hydrogens (tertiary/aromatic N) is 1. The number of nitrogens with one attached hydrogen (secondary N) is 1. The Morgan fingerprint density at radius 1 is 1.37 bits per heavy atom. The molecule has 0 fully saturated rings. The lowest BCUT2D eigenvalue weighted by atomic mass is 10.1. The molecule has 0 aliphatic carbocycles. The molecule has 1 aromatic carbocycles. The summed E-state index contributed by atoms with van der Waals surface area (Å²) in [5.74, 6) is -0.331. The number of aromatic nitrogens is 1. The van der Waals surface area contributed by atoms with E-state index in [1.165, 1.54) is 12.3 Å². The maximum Gasteiger partial charge on any atom is 0.141 e. The first-order chi connectivity index (χ1) is 9.11. The van der Waals surface area contributed by atoms with Crippen molar-refractivity contribution in [2.45, 2.75) is 19.4 Å². The van der Waals surface area contributed by atoms with Gasteiger partial charge in [0.15, 0.2) is 0 Å². The molecule has 2 aromatic rings. The molecule has 0 bridgehead atoms. The van der Waals surface area contributed by atoms with Crippen molar-refractivity contribution in [1.29, 1.82) is 0 Å². The van der Waals surface area contributed by atoms with Gasteiger partial charge in [0.1, 0.15) is 5.82 Å². The van der Waals surface area contributed by atoms with E-state index < -0.39 is 0 Å². The number of halogens is 3. The number of anilines is 1. The van der Waals surface area contributed by atoms with Crippen LogP contribution >= 0.6 is 27.5 Å². The van der Waals surface area contributed by atoms with Crippen LogP contribution in [0.3, 0.4) is 0 Å². The molecule has 19 heavy (non-hydrogen) atoms. The van der Waals surface area contributed by atoms with Gasteiger partial charge in [0, 0.05) is 0 Å². The molecule has 0 aliphatic heterocycles. The lowest BCUT2D eigenvalue weighted by Gasteiger charge is -2.19. The van der Waals surface area contributed by atoms with Crippen LogP contribution in [0.4, 0.5) is 10.1 Å². The SMILES string of the molecule is CCC(Nc1cccc(Cl)c1Br)c1ccc(F)cn1. The highest BCUT2D eigenvalue weighted by Gasteiger charge is 2.13. The zero-order chi connectivity index (χ0) is 13.8. The van der Waals surface area contributed by atoms with Crippen LogP contribution < -0.4 is 5.32 Å². The van der Waals surface area contributed by atoms with E-state index in [9.17, 15) is 4.39 Å². The Hall–Kier alpha value is -1.13. The van der Waals surface area contributed by atoms with Crippen LogP contribution in [0.25, 0.3) is 0 Å². The van der Waals surface area contributed by atoms with E-state index in [-0.39, 0.29) is 11.9 Å². The average Bonchev–Trinajstić information content (AvgIpc) is 2.42. The second-order valence-electron chi connectivity index (χ2n) is 4.11. The molecule has 1 N–H and O–H groups in total. The zero-order valence-corrected chi connectivity index (χ0v) is 12.7. The van der Waals surface area contributed by atoms with Crippen molar-refractivity contribution >= 4 is 33.2 Å². The summed E-state index contributed by atoms with van der Waals surface area (Å²) in [5.41, 5.74) is 1.70. The number of hydrogen-bond acceptors (Lipinski definition) is 2. The highest BCUT2D eigenvalue weighted by Crippen LogP contribution is 2.32. The van der Waals surface area contributed by atoms with E-state index in [4.69, 9.17) is 11.6 Å². The Balaban J connectivity index is 2.24. The van der Waals surface area contributed by atoms with Crippen molar-refractivity contribution < 1.29 is 4.39 Å². The molecule has 0 saturated carbocycles. The van der Waals surface area contributed by atoms with Gasteiger partial charge in [0.2, 0.25) is 0 Å². The molecule has 0 spiro atoms. The Morgan fingerprint density at radius 3 is 2.79 bits per heavy atom. The summed E-state index contributed by atoms with van der Waals surface area (Å²) in [4.78, 5) is 4.11. The standard InChI is InChI=1S/C14H13BrClFN2/c1-2-11(12-7-6-9(17)8-18-12)19-13-5-3-4-10(16)14(13)15/h3-8,11,19H,2H2,1H3. The van der Waals surface area contributed by atoms with E-state index in [2.05, 4.69) is 26.2 Å². The van der Waals surface area contributed by atoms with Crippen LogP contribution in [0.15, 0.2) is 41.0 Å². The first-order valence-electron chi connectivity index (χ1n) is 5.93. The molecular formula is C14H13BrClFN2. The van der Waals surface area contributed by atoms with Crippen LogP contribution in [0.1, 0.15) is 25.1 Å². The van der Waals surface area contributed by atoms with Crippen molar-refractivity contribution in [3.63, 3.8) is 0 Å². The summed E-state index contributed by atoms with van der Waals surface area (Å²) in [6.45, 7) is 2.04. The van der Waals surface area contributed by atoms with Crippen LogP contribution in [-0.4, -0.2) is 4.98 Å². The van der Waals surface area contributed by atoms with Crippen LogP contribution in [-0.2, 0) is 0 Å². The molecule has 2 rings (SSSR count). The van der Waals surface area contributed by atoms with Gasteiger partial charge in [-0.05, 0) is 46.6 Å². The van der Waals surface area contributed by atoms with Crippen molar-refractivity contribution in [2.75, 3.05) is 5.32 Å². The molecule has 0 radical (unpaired) electrons. The Labute approximate surface area is 125 Å². The van der Waals surface area contributed by atoms with Gasteiger partial charge >= 0.3 is 0 Å². The largest absolute Gasteiger partial charge is 0.376 e. The number of rotatable bonds is 4. The lowest BCUT2D eigenvalue weighted by molar-refractivity contribution is 0.614. The molecule has 2 nitrogen and oxygen atoms in total. The fraction of sp³-hybridized carbons (Fsp3) is 0.214. The zero-order valence-electron chi connectivity index (χ0n) is 10.3. The van der Waals surface area contributed by atoms with Gasteiger partial charge in [0.25, 0.3) is 0 Å². The van der Waals surface area contributed by atoms with E-state index in [0.717, 1.165) is 22.3 Å². The van der Waals surface area contributed by atoms with Gasteiger partial charge in [-0.15, -0.1) is 0 Å². The van der Waals surface area contributed by atoms with E-state index in [1.807, 2.05) is 25.1 Å².